The molecule has 0 aliphatic carbocycles. The summed E-state index contributed by atoms with van der Waals surface area (Å²) in [5.41, 5.74) is 5.69. The van der Waals surface area contributed by atoms with Crippen LogP contribution in [0.15, 0.2) is 12.5 Å². The van der Waals surface area contributed by atoms with Crippen molar-refractivity contribution in [2.24, 2.45) is 5.73 Å². The summed E-state index contributed by atoms with van der Waals surface area (Å²) in [7, 11) is 1.64. The summed E-state index contributed by atoms with van der Waals surface area (Å²) >= 11 is 0. The number of carbonyl (C=O) groups is 1. The van der Waals surface area contributed by atoms with Crippen LogP contribution in [0.25, 0.3) is 0 Å². The minimum absolute atomic E-state index is 0.218. The number of carbonyl (C=O) groups excluding carboxylic acids is 1. The van der Waals surface area contributed by atoms with Gasteiger partial charge in [0, 0.05) is 39.6 Å². The minimum Gasteiger partial charge on any atom is -0.458 e. The molecule has 0 aromatic carbocycles. The third-order valence-corrected chi connectivity index (χ3v) is 2.33. The Balaban J connectivity index is 2.13. The van der Waals surface area contributed by atoms with E-state index >= 15 is 0 Å². The molecule has 1 heterocycles. The Bertz CT molecular complexity index is 368. The van der Waals surface area contributed by atoms with Gasteiger partial charge in [-0.05, 0) is 6.42 Å². The van der Waals surface area contributed by atoms with Gasteiger partial charge in [0.2, 0.25) is 0 Å². The number of esters is 1. The Hall–Kier alpha value is -1.44. The fraction of sp³-hybridized carbons (Fsp3) is 0.667. The highest BCUT2D eigenvalue weighted by Gasteiger charge is 2.10. The van der Waals surface area contributed by atoms with E-state index in [0.717, 1.165) is 6.42 Å². The van der Waals surface area contributed by atoms with E-state index in [1.807, 2.05) is 0 Å². The maximum absolute atomic E-state index is 11.6. The van der Waals surface area contributed by atoms with E-state index < -0.39 is 5.97 Å². The molecule has 2 N–H and O–H groups in total. The van der Waals surface area contributed by atoms with Gasteiger partial charge in [0.05, 0.1) is 12.9 Å². The highest BCUT2D eigenvalue weighted by Crippen LogP contribution is 1.99. The minimum atomic E-state index is -0.448. The van der Waals surface area contributed by atoms with Crippen LogP contribution in [0.3, 0.4) is 0 Å². The fourth-order valence-corrected chi connectivity index (χ4v) is 1.41. The van der Waals surface area contributed by atoms with Gasteiger partial charge in [-0.15, -0.1) is 0 Å². The highest BCUT2D eigenvalue weighted by atomic mass is 16.6. The van der Waals surface area contributed by atoms with E-state index in [4.69, 9.17) is 19.9 Å². The van der Waals surface area contributed by atoms with Crippen molar-refractivity contribution >= 4 is 5.97 Å². The molecular weight excluding hydrogens is 250 g/mol. The van der Waals surface area contributed by atoms with E-state index in [9.17, 15) is 4.79 Å². The molecule has 1 aromatic heterocycles. The van der Waals surface area contributed by atoms with Crippen LogP contribution in [0, 0.1) is 0 Å². The van der Waals surface area contributed by atoms with Gasteiger partial charge in [-0.2, -0.15) is 0 Å². The molecule has 0 spiro atoms. The quantitative estimate of drug-likeness (QED) is 0.478. The van der Waals surface area contributed by atoms with Crippen LogP contribution in [-0.2, 0) is 20.8 Å². The lowest BCUT2D eigenvalue weighted by Gasteiger charge is -2.04. The van der Waals surface area contributed by atoms with E-state index in [1.165, 1.54) is 0 Å². The maximum Gasteiger partial charge on any atom is 0.358 e. The Morgan fingerprint density at radius 3 is 2.95 bits per heavy atom. The first-order chi connectivity index (χ1) is 9.27. The van der Waals surface area contributed by atoms with Gasteiger partial charge in [0.25, 0.3) is 0 Å². The molecule has 1 rings (SSSR count). The molecule has 7 nitrogen and oxygen atoms in total. The largest absolute Gasteiger partial charge is 0.458 e. The average molecular weight is 271 g/mol. The number of rotatable bonds is 10. The summed E-state index contributed by atoms with van der Waals surface area (Å²) in [6.45, 7) is 2.98. The second-order valence-corrected chi connectivity index (χ2v) is 3.88. The monoisotopic (exact) mass is 271 g/mol. The second-order valence-electron chi connectivity index (χ2n) is 3.88. The summed E-state index contributed by atoms with van der Waals surface area (Å²) in [4.78, 5) is 15.5. The van der Waals surface area contributed by atoms with Gasteiger partial charge in [-0.3, -0.25) is 0 Å². The van der Waals surface area contributed by atoms with Crippen molar-refractivity contribution in [1.29, 1.82) is 0 Å². The lowest BCUT2D eigenvalue weighted by molar-refractivity contribution is 0.0283. The van der Waals surface area contributed by atoms with E-state index in [1.54, 1.807) is 24.2 Å². The number of nitrogens with zero attached hydrogens (tertiary/aromatic N) is 2. The van der Waals surface area contributed by atoms with Crippen LogP contribution < -0.4 is 5.73 Å². The normalized spacial score (nSPS) is 10.6. The first-order valence-corrected chi connectivity index (χ1v) is 6.23. The first-order valence-electron chi connectivity index (χ1n) is 6.23. The maximum atomic E-state index is 11.6. The van der Waals surface area contributed by atoms with Gasteiger partial charge in [-0.1, -0.05) is 0 Å². The van der Waals surface area contributed by atoms with Gasteiger partial charge >= 0.3 is 5.97 Å². The van der Waals surface area contributed by atoms with Crippen molar-refractivity contribution in [3.05, 3.63) is 18.2 Å². The molecule has 0 saturated heterocycles. The van der Waals surface area contributed by atoms with Crippen molar-refractivity contribution < 1.29 is 19.0 Å². The van der Waals surface area contributed by atoms with Crippen molar-refractivity contribution in [1.82, 2.24) is 9.55 Å². The van der Waals surface area contributed by atoms with Crippen molar-refractivity contribution in [3.8, 4) is 0 Å². The zero-order chi connectivity index (χ0) is 13.9. The molecule has 0 saturated carbocycles. The standard InChI is InChI=1S/C12H21N3O4/c1-17-5-2-6-18-7-8-19-12(16)11-9-15(4-3-13)10-14-11/h9-10H,2-8,13H2,1H3. The molecule has 0 aliphatic rings. The number of nitrogens with two attached hydrogens (primary N) is 1. The molecular formula is C12H21N3O4. The summed E-state index contributed by atoms with van der Waals surface area (Å²) in [6.07, 6.45) is 4.01. The number of ether oxygens (including phenoxy) is 3. The Morgan fingerprint density at radius 1 is 1.37 bits per heavy atom. The van der Waals surface area contributed by atoms with Crippen molar-refractivity contribution in [2.75, 3.05) is 40.1 Å². The molecule has 19 heavy (non-hydrogen) atoms. The SMILES string of the molecule is COCCCOCCOC(=O)c1cn(CCN)cn1. The summed E-state index contributed by atoms with van der Waals surface area (Å²) < 4.78 is 16.9. The number of hydrogen-bond acceptors (Lipinski definition) is 6. The lowest BCUT2D eigenvalue weighted by Crippen LogP contribution is -2.12. The van der Waals surface area contributed by atoms with Crippen LogP contribution >= 0.6 is 0 Å². The molecule has 108 valence electrons. The predicted molar refractivity (Wildman–Crippen MR) is 68.9 cm³/mol. The molecule has 1 aromatic rings. The first kappa shape index (κ1) is 15.6. The third kappa shape index (κ3) is 6.32. The van der Waals surface area contributed by atoms with Crippen LogP contribution in [0.2, 0.25) is 0 Å². The Labute approximate surface area is 112 Å². The van der Waals surface area contributed by atoms with E-state index in [-0.39, 0.29) is 12.3 Å². The van der Waals surface area contributed by atoms with Gasteiger partial charge in [0.15, 0.2) is 5.69 Å². The number of methoxy groups -OCH3 is 1. The highest BCUT2D eigenvalue weighted by molar-refractivity contribution is 5.86. The number of aromatic nitrogens is 2. The van der Waals surface area contributed by atoms with Crippen LogP contribution in [0.4, 0.5) is 0 Å². The number of hydrogen-bond donors (Lipinski definition) is 1. The van der Waals surface area contributed by atoms with Crippen LogP contribution in [0.1, 0.15) is 16.9 Å². The topological polar surface area (TPSA) is 88.6 Å². The molecule has 7 heteroatoms. The van der Waals surface area contributed by atoms with Crippen LogP contribution in [0.5, 0.6) is 0 Å². The molecule has 0 aliphatic heterocycles. The molecule has 0 unspecified atom stereocenters. The fourth-order valence-electron chi connectivity index (χ4n) is 1.41. The molecule has 0 atom stereocenters. The van der Waals surface area contributed by atoms with Crippen molar-refractivity contribution in [3.63, 3.8) is 0 Å². The summed E-state index contributed by atoms with van der Waals surface area (Å²) in [5.74, 6) is -0.448. The predicted octanol–water partition coefficient (Wildman–Crippen LogP) is 0.0517. The lowest BCUT2D eigenvalue weighted by atomic mass is 10.5. The van der Waals surface area contributed by atoms with E-state index in [2.05, 4.69) is 4.98 Å². The van der Waals surface area contributed by atoms with Crippen LogP contribution in [-0.4, -0.2) is 55.6 Å². The molecule has 0 fully saturated rings. The third-order valence-electron chi connectivity index (χ3n) is 2.33. The Kier molecular flexibility index (Phi) is 7.80. The molecule has 0 bridgehead atoms. The van der Waals surface area contributed by atoms with Gasteiger partial charge in [0.1, 0.15) is 6.61 Å². The zero-order valence-corrected chi connectivity index (χ0v) is 11.2. The second kappa shape index (κ2) is 9.48. The molecule has 0 amide bonds. The molecule has 0 radical (unpaired) electrons. The number of imidazole rings is 1. The van der Waals surface area contributed by atoms with E-state index in [0.29, 0.717) is 32.9 Å². The van der Waals surface area contributed by atoms with Gasteiger partial charge in [-0.25, -0.2) is 9.78 Å². The summed E-state index contributed by atoms with van der Waals surface area (Å²) in [5, 5.41) is 0. The smallest absolute Gasteiger partial charge is 0.358 e. The zero-order valence-electron chi connectivity index (χ0n) is 11.2. The Morgan fingerprint density at radius 2 is 2.21 bits per heavy atom. The van der Waals surface area contributed by atoms with Crippen molar-refractivity contribution in [2.45, 2.75) is 13.0 Å². The average Bonchev–Trinajstić information content (AvgIpc) is 2.87. The summed E-state index contributed by atoms with van der Waals surface area (Å²) in [6, 6.07) is 0. The van der Waals surface area contributed by atoms with Gasteiger partial charge < -0.3 is 24.5 Å².